The first-order valence-electron chi connectivity index (χ1n) is 9.42. The molecule has 3 rings (SSSR count). The van der Waals surface area contributed by atoms with Crippen LogP contribution in [0.25, 0.3) is 0 Å². The number of esters is 1. The maximum absolute atomic E-state index is 12.6. The number of nitrogens with one attached hydrogen (secondary N) is 1. The molecule has 0 radical (unpaired) electrons. The van der Waals surface area contributed by atoms with E-state index >= 15 is 0 Å². The summed E-state index contributed by atoms with van der Waals surface area (Å²) in [6, 6.07) is 4.17. The van der Waals surface area contributed by atoms with Gasteiger partial charge in [0.2, 0.25) is 11.8 Å². The van der Waals surface area contributed by atoms with Crippen molar-refractivity contribution in [2.75, 3.05) is 18.5 Å². The molecule has 1 aliphatic carbocycles. The summed E-state index contributed by atoms with van der Waals surface area (Å²) >= 11 is 6.98. The van der Waals surface area contributed by atoms with E-state index in [0.29, 0.717) is 18.4 Å². The third-order valence-corrected chi connectivity index (χ3v) is 8.08. The lowest BCUT2D eigenvalue weighted by Gasteiger charge is -2.29. The highest BCUT2D eigenvalue weighted by Crippen LogP contribution is 2.43. The summed E-state index contributed by atoms with van der Waals surface area (Å²) in [5.74, 6) is -3.36. The third-order valence-electron chi connectivity index (χ3n) is 5.34. The Morgan fingerprint density at radius 2 is 1.77 bits per heavy atom. The lowest BCUT2D eigenvalue weighted by Crippen LogP contribution is -2.37. The Morgan fingerprint density at radius 3 is 2.32 bits per heavy atom. The second-order valence-electron chi connectivity index (χ2n) is 7.45. The lowest BCUT2D eigenvalue weighted by molar-refractivity contribution is -0.385. The summed E-state index contributed by atoms with van der Waals surface area (Å²) in [5.41, 5.74) is 0.465. The van der Waals surface area contributed by atoms with Gasteiger partial charge in [0.1, 0.15) is 6.54 Å². The van der Waals surface area contributed by atoms with Crippen LogP contribution >= 0.6 is 31.9 Å². The average Bonchev–Trinajstić information content (AvgIpc) is 2.92. The first-order valence-corrected chi connectivity index (χ1v) is 11.3. The number of aryl methyl sites for hydroxylation is 1. The number of nitro groups is 1. The molecule has 1 N–H and O–H groups in total. The van der Waals surface area contributed by atoms with Gasteiger partial charge < -0.3 is 10.1 Å². The number of halogens is 2. The van der Waals surface area contributed by atoms with Crippen LogP contribution < -0.4 is 5.32 Å². The van der Waals surface area contributed by atoms with E-state index < -0.39 is 53.6 Å². The quantitative estimate of drug-likeness (QED) is 0.185. The number of alkyl halides is 2. The largest absolute Gasteiger partial charge is 0.454 e. The van der Waals surface area contributed by atoms with Gasteiger partial charge in [-0.05, 0) is 25.8 Å². The number of hydrogen-bond donors (Lipinski definition) is 1. The Hall–Kier alpha value is -2.34. The molecule has 12 heteroatoms. The molecule has 1 aliphatic heterocycles. The van der Waals surface area contributed by atoms with Crippen LogP contribution in [0.15, 0.2) is 18.2 Å². The summed E-state index contributed by atoms with van der Waals surface area (Å²) in [7, 11) is 0. The van der Waals surface area contributed by atoms with Gasteiger partial charge in [0.15, 0.2) is 6.61 Å². The average molecular weight is 561 g/mol. The minimum Gasteiger partial charge on any atom is -0.454 e. The van der Waals surface area contributed by atoms with Crippen LogP contribution in [0.5, 0.6) is 0 Å². The number of nitro benzene ring substituents is 1. The molecule has 4 atom stereocenters. The van der Waals surface area contributed by atoms with Gasteiger partial charge in [0.05, 0.1) is 16.8 Å². The van der Waals surface area contributed by atoms with Crippen LogP contribution in [-0.4, -0.2) is 56.3 Å². The molecule has 2 aliphatic rings. The zero-order chi connectivity index (χ0) is 22.9. The minimum absolute atomic E-state index is 0.0543. The summed E-state index contributed by atoms with van der Waals surface area (Å²) in [6.07, 6.45) is 0.976. The molecule has 2 fully saturated rings. The van der Waals surface area contributed by atoms with E-state index in [2.05, 4.69) is 37.2 Å². The highest BCUT2D eigenvalue weighted by molar-refractivity contribution is 9.12. The number of ether oxygens (including phenoxy) is 1. The number of carbonyl (C=O) groups excluding carboxylic acids is 4. The zero-order valence-corrected chi connectivity index (χ0v) is 19.5. The first-order chi connectivity index (χ1) is 14.6. The molecule has 0 unspecified atom stereocenters. The van der Waals surface area contributed by atoms with Crippen molar-refractivity contribution in [2.24, 2.45) is 11.8 Å². The van der Waals surface area contributed by atoms with Gasteiger partial charge in [-0.3, -0.25) is 34.2 Å². The van der Waals surface area contributed by atoms with E-state index in [1.54, 1.807) is 6.92 Å². The third kappa shape index (κ3) is 5.12. The molecular weight excluding hydrogens is 542 g/mol. The fourth-order valence-corrected chi connectivity index (χ4v) is 4.96. The highest BCUT2D eigenvalue weighted by Gasteiger charge is 2.52. The number of benzene rings is 1. The lowest BCUT2D eigenvalue weighted by atomic mass is 9.81. The van der Waals surface area contributed by atoms with Gasteiger partial charge in [-0.2, -0.15) is 0 Å². The van der Waals surface area contributed by atoms with E-state index in [4.69, 9.17) is 4.74 Å². The molecule has 3 amide bonds. The van der Waals surface area contributed by atoms with E-state index in [1.165, 1.54) is 18.2 Å². The Kier molecular flexibility index (Phi) is 7.10. The molecule has 10 nitrogen and oxygen atoms in total. The van der Waals surface area contributed by atoms with Gasteiger partial charge in [-0.1, -0.05) is 37.9 Å². The fraction of sp³-hybridized carbons (Fsp3) is 0.474. The smallest absolute Gasteiger partial charge is 0.326 e. The van der Waals surface area contributed by atoms with Gasteiger partial charge in [-0.25, -0.2) is 0 Å². The Bertz CT molecular complexity index is 926. The Labute approximate surface area is 194 Å². The number of hydrogen-bond acceptors (Lipinski definition) is 7. The second kappa shape index (κ2) is 9.43. The fourth-order valence-electron chi connectivity index (χ4n) is 3.72. The molecule has 31 heavy (non-hydrogen) atoms. The molecule has 166 valence electrons. The molecule has 0 spiro atoms. The molecule has 0 bridgehead atoms. The predicted octanol–water partition coefficient (Wildman–Crippen LogP) is 2.31. The molecular formula is C19H19Br2N3O7. The number of amides is 3. The van der Waals surface area contributed by atoms with Crippen LogP contribution in [0.4, 0.5) is 11.4 Å². The van der Waals surface area contributed by atoms with Crippen molar-refractivity contribution in [1.82, 2.24) is 4.90 Å². The Morgan fingerprint density at radius 1 is 1.19 bits per heavy atom. The van der Waals surface area contributed by atoms with E-state index in [-0.39, 0.29) is 21.0 Å². The van der Waals surface area contributed by atoms with Gasteiger partial charge in [0.25, 0.3) is 11.6 Å². The van der Waals surface area contributed by atoms with Crippen LogP contribution in [0.2, 0.25) is 0 Å². The maximum Gasteiger partial charge on any atom is 0.326 e. The van der Waals surface area contributed by atoms with Crippen molar-refractivity contribution in [1.29, 1.82) is 0 Å². The summed E-state index contributed by atoms with van der Waals surface area (Å²) in [5, 5.41) is 13.4. The van der Waals surface area contributed by atoms with Crippen molar-refractivity contribution in [3.63, 3.8) is 0 Å². The van der Waals surface area contributed by atoms with Crippen LogP contribution in [-0.2, 0) is 23.9 Å². The summed E-state index contributed by atoms with van der Waals surface area (Å²) in [4.78, 5) is 60.7. The van der Waals surface area contributed by atoms with Gasteiger partial charge >= 0.3 is 5.97 Å². The number of carbonyl (C=O) groups is 4. The SMILES string of the molecule is Cc1ccc(NC(=O)COC(=O)CN2C(=O)[C@@H]3C[C@H](Br)[C@@H](Br)C[C@H]3C2=O)cc1[N+](=O)[O-]. The normalized spacial score (nSPS) is 25.2. The standard InChI is InChI=1S/C19H19Br2N3O7/c1-9-2-3-10(4-15(9)24(29)30)22-16(25)8-31-17(26)7-23-18(27)11-5-13(20)14(21)6-12(11)19(23)28/h2-4,11-14H,5-8H2,1H3,(H,22,25)/t11-,12-,13+,14+/m1/s1. The molecule has 1 saturated carbocycles. The molecule has 1 heterocycles. The van der Waals surface area contributed by atoms with Crippen molar-refractivity contribution in [3.8, 4) is 0 Å². The monoisotopic (exact) mass is 559 g/mol. The van der Waals surface area contributed by atoms with Crippen molar-refractivity contribution < 1.29 is 28.8 Å². The van der Waals surface area contributed by atoms with Crippen LogP contribution in [0, 0.1) is 28.9 Å². The molecule has 1 aromatic carbocycles. The van der Waals surface area contributed by atoms with Crippen LogP contribution in [0.3, 0.4) is 0 Å². The number of fused-ring (bicyclic) bond motifs is 1. The number of nitrogens with zero attached hydrogens (tertiary/aromatic N) is 2. The van der Waals surface area contributed by atoms with Crippen molar-refractivity contribution >= 4 is 66.9 Å². The van der Waals surface area contributed by atoms with E-state index in [1.807, 2.05) is 0 Å². The zero-order valence-electron chi connectivity index (χ0n) is 16.4. The topological polar surface area (TPSA) is 136 Å². The van der Waals surface area contributed by atoms with E-state index in [0.717, 1.165) is 4.90 Å². The summed E-state index contributed by atoms with van der Waals surface area (Å²) < 4.78 is 4.88. The van der Waals surface area contributed by atoms with E-state index in [9.17, 15) is 29.3 Å². The minimum atomic E-state index is -0.892. The maximum atomic E-state index is 12.6. The summed E-state index contributed by atoms with van der Waals surface area (Å²) in [6.45, 7) is 0.350. The number of imide groups is 1. The van der Waals surface area contributed by atoms with Crippen molar-refractivity contribution in [2.45, 2.75) is 29.4 Å². The highest BCUT2D eigenvalue weighted by atomic mass is 79.9. The molecule has 1 aromatic rings. The van der Waals surface area contributed by atoms with Crippen molar-refractivity contribution in [3.05, 3.63) is 33.9 Å². The Balaban J connectivity index is 1.53. The van der Waals surface area contributed by atoms with Crippen LogP contribution in [0.1, 0.15) is 18.4 Å². The first kappa shape index (κ1) is 23.3. The second-order valence-corrected chi connectivity index (χ2v) is 9.80. The number of likely N-dealkylation sites (tertiary alicyclic amines) is 1. The van der Waals surface area contributed by atoms with Gasteiger partial charge in [0, 0.05) is 27.0 Å². The predicted molar refractivity (Wildman–Crippen MR) is 116 cm³/mol. The number of anilines is 1. The molecule has 1 saturated heterocycles. The number of rotatable bonds is 6. The van der Waals surface area contributed by atoms with Gasteiger partial charge in [-0.15, -0.1) is 0 Å². The molecule has 0 aromatic heterocycles.